The van der Waals surface area contributed by atoms with E-state index in [2.05, 4.69) is 15.1 Å². The van der Waals surface area contributed by atoms with Crippen molar-refractivity contribution in [3.63, 3.8) is 0 Å². The Bertz CT molecular complexity index is 612. The Kier molecular flexibility index (Phi) is 4.31. The van der Waals surface area contributed by atoms with Crippen LogP contribution in [0.1, 0.15) is 18.7 Å². The van der Waals surface area contributed by atoms with Gasteiger partial charge in [-0.1, -0.05) is 11.6 Å². The Balaban J connectivity index is 1.67. The molecule has 0 aliphatic carbocycles. The van der Waals surface area contributed by atoms with Crippen molar-refractivity contribution in [2.24, 2.45) is 5.92 Å². The summed E-state index contributed by atoms with van der Waals surface area (Å²) in [6.45, 7) is 2.32. The number of benzene rings is 1. The highest BCUT2D eigenvalue weighted by atomic mass is 35.5. The van der Waals surface area contributed by atoms with Gasteiger partial charge in [0, 0.05) is 23.0 Å². The van der Waals surface area contributed by atoms with Gasteiger partial charge in [-0.3, -0.25) is 4.90 Å². The molecule has 1 aromatic heterocycles. The number of nitrogens with zero attached hydrogens (tertiary/aromatic N) is 3. The molecule has 2 aromatic rings. The SMILES string of the molecule is O=CC1CCCN(Cc2nnc(-c3ccc(Cl)cc3)o2)C1. The highest BCUT2D eigenvalue weighted by Crippen LogP contribution is 2.22. The lowest BCUT2D eigenvalue weighted by molar-refractivity contribution is -0.112. The molecule has 110 valence electrons. The Morgan fingerprint density at radius 3 is 2.90 bits per heavy atom. The average Bonchev–Trinajstić information content (AvgIpc) is 2.96. The molecule has 1 atom stereocenters. The molecule has 0 saturated carbocycles. The number of aromatic nitrogens is 2. The summed E-state index contributed by atoms with van der Waals surface area (Å²) in [5.74, 6) is 1.19. The van der Waals surface area contributed by atoms with Gasteiger partial charge in [0.25, 0.3) is 0 Å². The van der Waals surface area contributed by atoms with Crippen LogP contribution in [0.4, 0.5) is 0 Å². The molecule has 1 saturated heterocycles. The first-order chi connectivity index (χ1) is 10.2. The maximum Gasteiger partial charge on any atom is 0.247 e. The van der Waals surface area contributed by atoms with Gasteiger partial charge in [0.2, 0.25) is 11.8 Å². The van der Waals surface area contributed by atoms with Crippen molar-refractivity contribution in [1.29, 1.82) is 0 Å². The molecule has 1 fully saturated rings. The van der Waals surface area contributed by atoms with E-state index in [1.165, 1.54) is 0 Å². The summed E-state index contributed by atoms with van der Waals surface area (Å²) in [6, 6.07) is 7.28. The van der Waals surface area contributed by atoms with Crippen LogP contribution in [0.3, 0.4) is 0 Å². The zero-order valence-electron chi connectivity index (χ0n) is 11.5. The zero-order chi connectivity index (χ0) is 14.7. The van der Waals surface area contributed by atoms with Crippen LogP contribution in [-0.4, -0.2) is 34.5 Å². The topological polar surface area (TPSA) is 59.2 Å². The summed E-state index contributed by atoms with van der Waals surface area (Å²) in [6.07, 6.45) is 3.04. The van der Waals surface area contributed by atoms with Crippen molar-refractivity contribution in [3.8, 4) is 11.5 Å². The van der Waals surface area contributed by atoms with Gasteiger partial charge in [-0.05, 0) is 43.7 Å². The number of likely N-dealkylation sites (tertiary alicyclic amines) is 1. The molecule has 21 heavy (non-hydrogen) atoms. The highest BCUT2D eigenvalue weighted by molar-refractivity contribution is 6.30. The van der Waals surface area contributed by atoms with Crippen molar-refractivity contribution in [3.05, 3.63) is 35.2 Å². The molecule has 0 N–H and O–H groups in total. The first kappa shape index (κ1) is 14.2. The van der Waals surface area contributed by atoms with Crippen molar-refractivity contribution in [1.82, 2.24) is 15.1 Å². The van der Waals surface area contributed by atoms with E-state index < -0.39 is 0 Å². The maximum absolute atomic E-state index is 10.9. The lowest BCUT2D eigenvalue weighted by atomic mass is 10.00. The van der Waals surface area contributed by atoms with E-state index in [1.54, 1.807) is 12.1 Å². The van der Waals surface area contributed by atoms with Gasteiger partial charge in [-0.2, -0.15) is 0 Å². The molecular formula is C15H16ClN3O2. The van der Waals surface area contributed by atoms with E-state index in [9.17, 15) is 4.79 Å². The highest BCUT2D eigenvalue weighted by Gasteiger charge is 2.21. The van der Waals surface area contributed by atoms with Crippen LogP contribution in [-0.2, 0) is 11.3 Å². The molecule has 1 unspecified atom stereocenters. The van der Waals surface area contributed by atoms with Gasteiger partial charge in [0.1, 0.15) is 6.29 Å². The van der Waals surface area contributed by atoms with E-state index >= 15 is 0 Å². The smallest absolute Gasteiger partial charge is 0.247 e. The first-order valence-corrected chi connectivity index (χ1v) is 7.38. The summed E-state index contributed by atoms with van der Waals surface area (Å²) in [5.41, 5.74) is 0.850. The van der Waals surface area contributed by atoms with E-state index in [4.69, 9.17) is 16.0 Å². The third kappa shape index (κ3) is 3.49. The predicted molar refractivity (Wildman–Crippen MR) is 78.8 cm³/mol. The average molecular weight is 306 g/mol. The standard InChI is InChI=1S/C15H16ClN3O2/c16-13-5-3-12(4-6-13)15-18-17-14(21-15)9-19-7-1-2-11(8-19)10-20/h3-6,10-11H,1-2,7-9H2. The van der Waals surface area contributed by atoms with E-state index in [0.717, 1.165) is 37.8 Å². The number of aldehydes is 1. The number of halogens is 1. The Labute approximate surface area is 127 Å². The van der Waals surface area contributed by atoms with Gasteiger partial charge >= 0.3 is 0 Å². The van der Waals surface area contributed by atoms with Crippen LogP contribution >= 0.6 is 11.6 Å². The van der Waals surface area contributed by atoms with Gasteiger partial charge in [0.15, 0.2) is 0 Å². The predicted octanol–water partition coefficient (Wildman–Crippen LogP) is 2.80. The van der Waals surface area contributed by atoms with Crippen LogP contribution in [0.15, 0.2) is 28.7 Å². The quantitative estimate of drug-likeness (QED) is 0.813. The lowest BCUT2D eigenvalue weighted by Gasteiger charge is -2.28. The van der Waals surface area contributed by atoms with Crippen LogP contribution in [0, 0.1) is 5.92 Å². The molecular weight excluding hydrogens is 290 g/mol. The maximum atomic E-state index is 10.9. The van der Waals surface area contributed by atoms with Crippen molar-refractivity contribution in [2.45, 2.75) is 19.4 Å². The molecule has 5 nitrogen and oxygen atoms in total. The Morgan fingerprint density at radius 2 is 2.14 bits per heavy atom. The van der Waals surface area contributed by atoms with Gasteiger partial charge < -0.3 is 9.21 Å². The third-order valence-corrected chi connectivity index (χ3v) is 3.90. The summed E-state index contributed by atoms with van der Waals surface area (Å²) < 4.78 is 5.69. The van der Waals surface area contributed by atoms with Crippen molar-refractivity contribution < 1.29 is 9.21 Å². The summed E-state index contributed by atoms with van der Waals surface area (Å²) in [5, 5.41) is 8.82. The second kappa shape index (κ2) is 6.37. The Hall–Kier alpha value is -1.72. The fraction of sp³-hybridized carbons (Fsp3) is 0.400. The fourth-order valence-electron chi connectivity index (χ4n) is 2.56. The summed E-state index contributed by atoms with van der Waals surface area (Å²) in [4.78, 5) is 13.1. The largest absolute Gasteiger partial charge is 0.419 e. The van der Waals surface area contributed by atoms with E-state index in [0.29, 0.717) is 23.3 Å². The van der Waals surface area contributed by atoms with E-state index in [-0.39, 0.29) is 5.92 Å². The van der Waals surface area contributed by atoms with Crippen LogP contribution in [0.2, 0.25) is 5.02 Å². The zero-order valence-corrected chi connectivity index (χ0v) is 12.3. The third-order valence-electron chi connectivity index (χ3n) is 3.65. The lowest BCUT2D eigenvalue weighted by Crippen LogP contribution is -2.35. The van der Waals surface area contributed by atoms with Crippen molar-refractivity contribution in [2.75, 3.05) is 13.1 Å². The molecule has 1 aromatic carbocycles. The van der Waals surface area contributed by atoms with Crippen LogP contribution in [0.25, 0.3) is 11.5 Å². The van der Waals surface area contributed by atoms with Gasteiger partial charge in [0.05, 0.1) is 6.54 Å². The molecule has 0 spiro atoms. The van der Waals surface area contributed by atoms with Crippen molar-refractivity contribution >= 4 is 17.9 Å². The molecule has 1 aliphatic rings. The molecule has 1 aliphatic heterocycles. The Morgan fingerprint density at radius 1 is 1.33 bits per heavy atom. The number of carbonyl (C=O) groups excluding carboxylic acids is 1. The minimum atomic E-state index is 0.123. The van der Waals surface area contributed by atoms with Gasteiger partial charge in [-0.15, -0.1) is 10.2 Å². The monoisotopic (exact) mass is 305 g/mol. The van der Waals surface area contributed by atoms with E-state index in [1.807, 2.05) is 12.1 Å². The van der Waals surface area contributed by atoms with Crippen LogP contribution < -0.4 is 0 Å². The number of carbonyl (C=O) groups is 1. The number of piperidine rings is 1. The minimum Gasteiger partial charge on any atom is -0.419 e. The second-order valence-electron chi connectivity index (χ2n) is 5.28. The fourth-order valence-corrected chi connectivity index (χ4v) is 2.69. The first-order valence-electron chi connectivity index (χ1n) is 7.00. The molecule has 0 radical (unpaired) electrons. The van der Waals surface area contributed by atoms with Gasteiger partial charge in [-0.25, -0.2) is 0 Å². The molecule has 2 heterocycles. The second-order valence-corrected chi connectivity index (χ2v) is 5.72. The summed E-state index contributed by atoms with van der Waals surface area (Å²) in [7, 11) is 0. The molecule has 0 bridgehead atoms. The molecule has 0 amide bonds. The number of hydrogen-bond acceptors (Lipinski definition) is 5. The number of hydrogen-bond donors (Lipinski definition) is 0. The molecule has 6 heteroatoms. The van der Waals surface area contributed by atoms with Crippen LogP contribution in [0.5, 0.6) is 0 Å². The minimum absolute atomic E-state index is 0.123. The summed E-state index contributed by atoms with van der Waals surface area (Å²) >= 11 is 5.86. The normalized spacial score (nSPS) is 19.6. The molecule has 3 rings (SSSR count). The number of rotatable bonds is 4.